The lowest BCUT2D eigenvalue weighted by atomic mass is 10.5. The average Bonchev–Trinajstić information content (AvgIpc) is 2.98. The number of hydrogen-bond donors (Lipinski definition) is 0. The van der Waals surface area contributed by atoms with Crippen molar-refractivity contribution in [2.24, 2.45) is 0 Å². The fourth-order valence-corrected chi connectivity index (χ4v) is 3.36. The Morgan fingerprint density at radius 2 is 2.32 bits per heavy atom. The van der Waals surface area contributed by atoms with Crippen LogP contribution in [0.15, 0.2) is 22.0 Å². The third-order valence-corrected chi connectivity index (χ3v) is 4.82. The molecule has 0 aliphatic heterocycles. The quantitative estimate of drug-likeness (QED) is 0.725. The van der Waals surface area contributed by atoms with Gasteiger partial charge in [0.25, 0.3) is 5.89 Å². The fraction of sp³-hybridized carbons (Fsp3) is 0.455. The van der Waals surface area contributed by atoms with E-state index in [1.165, 1.54) is 11.3 Å². The fourth-order valence-electron chi connectivity index (χ4n) is 1.50. The molecule has 0 aromatic carbocycles. The van der Waals surface area contributed by atoms with E-state index in [0.717, 1.165) is 4.88 Å². The highest BCUT2D eigenvalue weighted by molar-refractivity contribution is 7.90. The highest BCUT2D eigenvalue weighted by atomic mass is 32.2. The van der Waals surface area contributed by atoms with Crippen LogP contribution in [0.25, 0.3) is 10.8 Å². The number of hydrogen-bond acceptors (Lipinski definition) is 7. The van der Waals surface area contributed by atoms with Crippen LogP contribution >= 0.6 is 11.3 Å². The van der Waals surface area contributed by atoms with Crippen LogP contribution in [0.5, 0.6) is 0 Å². The molecule has 0 saturated carbocycles. The molecule has 6 nitrogen and oxygen atoms in total. The van der Waals surface area contributed by atoms with Crippen molar-refractivity contribution in [2.45, 2.75) is 12.2 Å². The Labute approximate surface area is 115 Å². The molecule has 0 saturated heterocycles. The van der Waals surface area contributed by atoms with Gasteiger partial charge in [-0.2, -0.15) is 4.98 Å². The molecule has 0 bridgehead atoms. The first-order valence-corrected chi connectivity index (χ1v) is 8.36. The van der Waals surface area contributed by atoms with Crippen LogP contribution in [-0.4, -0.2) is 38.0 Å². The number of nitrogens with zero attached hydrogens (tertiary/aromatic N) is 2. The lowest BCUT2D eigenvalue weighted by molar-refractivity contribution is 0.199. The van der Waals surface area contributed by atoms with Crippen LogP contribution in [-0.2, 0) is 20.3 Å². The summed E-state index contributed by atoms with van der Waals surface area (Å²) in [4.78, 5) is 4.92. The second kappa shape index (κ2) is 6.27. The summed E-state index contributed by atoms with van der Waals surface area (Å²) in [7, 11) is -1.68. The molecule has 2 heterocycles. The van der Waals surface area contributed by atoms with Crippen LogP contribution in [0.1, 0.15) is 12.2 Å². The van der Waals surface area contributed by atoms with Gasteiger partial charge >= 0.3 is 0 Å². The van der Waals surface area contributed by atoms with E-state index in [-0.39, 0.29) is 17.3 Å². The Morgan fingerprint density at radius 3 is 3.00 bits per heavy atom. The van der Waals surface area contributed by atoms with E-state index >= 15 is 0 Å². The minimum atomic E-state index is -3.22. The lowest BCUT2D eigenvalue weighted by Gasteiger charge is -2.00. The maximum absolute atomic E-state index is 11.8. The van der Waals surface area contributed by atoms with Gasteiger partial charge in [-0.15, -0.1) is 11.3 Å². The van der Waals surface area contributed by atoms with Crippen LogP contribution in [0.2, 0.25) is 0 Å². The molecule has 0 spiro atoms. The number of aromatic nitrogens is 2. The summed E-state index contributed by atoms with van der Waals surface area (Å²) in [6, 6.07) is 3.71. The van der Waals surface area contributed by atoms with E-state index in [9.17, 15) is 8.42 Å². The summed E-state index contributed by atoms with van der Waals surface area (Å²) in [6.45, 7) is 0.423. The molecule has 0 atom stereocenters. The van der Waals surface area contributed by atoms with E-state index < -0.39 is 9.84 Å². The van der Waals surface area contributed by atoms with E-state index in [2.05, 4.69) is 10.1 Å². The molecule has 2 rings (SSSR count). The second-order valence-corrected chi connectivity index (χ2v) is 7.06. The number of rotatable bonds is 7. The molecule has 104 valence electrons. The molecule has 0 unspecified atom stereocenters. The standard InChI is InChI=1S/C11H14N2O4S2/c1-16-5-3-7-19(14,15)8-10-12-11(17-13-10)9-4-2-6-18-9/h2,4,6H,3,5,7-8H2,1H3. The number of sulfone groups is 1. The molecule has 0 aliphatic rings. The van der Waals surface area contributed by atoms with Gasteiger partial charge in [0.1, 0.15) is 5.75 Å². The van der Waals surface area contributed by atoms with Gasteiger partial charge in [-0.05, 0) is 17.9 Å². The van der Waals surface area contributed by atoms with Crippen LogP contribution in [0.4, 0.5) is 0 Å². The number of thiophene rings is 1. The first-order chi connectivity index (χ1) is 9.11. The molecule has 0 aliphatic carbocycles. The zero-order valence-electron chi connectivity index (χ0n) is 10.4. The van der Waals surface area contributed by atoms with Crippen molar-refractivity contribution in [3.8, 4) is 10.8 Å². The van der Waals surface area contributed by atoms with Crippen molar-refractivity contribution in [1.29, 1.82) is 0 Å². The topological polar surface area (TPSA) is 82.3 Å². The van der Waals surface area contributed by atoms with Crippen LogP contribution in [0.3, 0.4) is 0 Å². The van der Waals surface area contributed by atoms with Crippen molar-refractivity contribution in [2.75, 3.05) is 19.5 Å². The largest absolute Gasteiger partial charge is 0.385 e. The van der Waals surface area contributed by atoms with Crippen molar-refractivity contribution in [3.05, 3.63) is 23.3 Å². The molecule has 0 N–H and O–H groups in total. The second-order valence-electron chi connectivity index (χ2n) is 3.93. The summed E-state index contributed by atoms with van der Waals surface area (Å²) in [5.74, 6) is 0.410. The Hall–Kier alpha value is -1.25. The Kier molecular flexibility index (Phi) is 4.67. The van der Waals surface area contributed by atoms with Gasteiger partial charge in [0.15, 0.2) is 15.7 Å². The minimum absolute atomic E-state index is 0.0592. The first kappa shape index (κ1) is 14.2. The monoisotopic (exact) mass is 302 g/mol. The summed E-state index contributed by atoms with van der Waals surface area (Å²) in [6.07, 6.45) is 0.467. The van der Waals surface area contributed by atoms with Gasteiger partial charge < -0.3 is 9.26 Å². The Bertz CT molecular complexity index is 604. The van der Waals surface area contributed by atoms with Gasteiger partial charge in [0, 0.05) is 13.7 Å². The summed E-state index contributed by atoms with van der Waals surface area (Å²) >= 11 is 1.46. The average molecular weight is 302 g/mol. The molecule has 0 radical (unpaired) electrons. The van der Waals surface area contributed by atoms with Crippen molar-refractivity contribution in [1.82, 2.24) is 10.1 Å². The van der Waals surface area contributed by atoms with E-state index in [1.54, 1.807) is 7.11 Å². The number of methoxy groups -OCH3 is 1. The molecular formula is C11H14N2O4S2. The van der Waals surface area contributed by atoms with Gasteiger partial charge in [-0.1, -0.05) is 11.2 Å². The van der Waals surface area contributed by atoms with Crippen LogP contribution in [0, 0.1) is 0 Å². The van der Waals surface area contributed by atoms with Crippen molar-refractivity contribution >= 4 is 21.2 Å². The molecule has 19 heavy (non-hydrogen) atoms. The number of ether oxygens (including phenoxy) is 1. The normalized spacial score (nSPS) is 11.8. The summed E-state index contributed by atoms with van der Waals surface area (Å²) < 4.78 is 33.5. The molecule has 0 fully saturated rings. The van der Waals surface area contributed by atoms with Crippen LogP contribution < -0.4 is 0 Å². The third-order valence-electron chi connectivity index (χ3n) is 2.35. The maximum atomic E-state index is 11.8. The maximum Gasteiger partial charge on any atom is 0.268 e. The summed E-state index contributed by atoms with van der Waals surface area (Å²) in [5, 5.41) is 5.59. The predicted molar refractivity (Wildman–Crippen MR) is 71.6 cm³/mol. The van der Waals surface area contributed by atoms with Gasteiger partial charge in [-0.25, -0.2) is 8.42 Å². The molecule has 2 aromatic rings. The SMILES string of the molecule is COCCCS(=O)(=O)Cc1noc(-c2cccs2)n1. The van der Waals surface area contributed by atoms with Crippen molar-refractivity contribution in [3.63, 3.8) is 0 Å². The van der Waals surface area contributed by atoms with E-state index in [0.29, 0.717) is 18.9 Å². The highest BCUT2D eigenvalue weighted by Gasteiger charge is 2.17. The summed E-state index contributed by atoms with van der Waals surface area (Å²) in [5.41, 5.74) is 0. The van der Waals surface area contributed by atoms with E-state index in [4.69, 9.17) is 9.26 Å². The zero-order chi connectivity index (χ0) is 13.7. The van der Waals surface area contributed by atoms with Gasteiger partial charge in [0.05, 0.1) is 10.6 Å². The van der Waals surface area contributed by atoms with E-state index in [1.807, 2.05) is 17.5 Å². The molecule has 2 aromatic heterocycles. The minimum Gasteiger partial charge on any atom is -0.385 e. The Morgan fingerprint density at radius 1 is 1.47 bits per heavy atom. The van der Waals surface area contributed by atoms with Gasteiger partial charge in [0.2, 0.25) is 0 Å². The zero-order valence-corrected chi connectivity index (χ0v) is 12.0. The van der Waals surface area contributed by atoms with Crippen molar-refractivity contribution < 1.29 is 17.7 Å². The Balaban J connectivity index is 2.00. The first-order valence-electron chi connectivity index (χ1n) is 5.66. The lowest BCUT2D eigenvalue weighted by Crippen LogP contribution is -2.12. The smallest absolute Gasteiger partial charge is 0.268 e. The predicted octanol–water partition coefficient (Wildman–Crippen LogP) is 1.75. The third kappa shape index (κ3) is 4.12. The highest BCUT2D eigenvalue weighted by Crippen LogP contribution is 2.22. The molecule has 0 amide bonds. The molecule has 8 heteroatoms. The molecular weight excluding hydrogens is 288 g/mol. The van der Waals surface area contributed by atoms with Gasteiger partial charge in [-0.3, -0.25) is 0 Å².